The predicted molar refractivity (Wildman–Crippen MR) is 141 cm³/mol. The molecule has 0 heterocycles. The number of carbonyl (C=O) groups is 4. The van der Waals surface area contributed by atoms with E-state index in [1.54, 1.807) is 62.3 Å². The quantitative estimate of drug-likeness (QED) is 0.239. The molecule has 216 valence electrons. The smallest absolute Gasteiger partial charge is 0.407 e. The summed E-state index contributed by atoms with van der Waals surface area (Å²) in [6.07, 6.45) is -0.487. The van der Waals surface area contributed by atoms with Crippen LogP contribution in [0, 0.1) is 0 Å². The Bertz CT molecular complexity index is 754. The highest BCUT2D eigenvalue weighted by molar-refractivity contribution is 5.81. The number of amides is 4. The summed E-state index contributed by atoms with van der Waals surface area (Å²) in [7, 11) is 0. The van der Waals surface area contributed by atoms with E-state index in [9.17, 15) is 24.3 Å². The second-order valence-electron chi connectivity index (χ2n) is 12.0. The second-order valence-corrected chi connectivity index (χ2v) is 12.0. The van der Waals surface area contributed by atoms with Gasteiger partial charge < -0.3 is 41.2 Å². The van der Waals surface area contributed by atoms with E-state index >= 15 is 0 Å². The van der Waals surface area contributed by atoms with Gasteiger partial charge in [0.25, 0.3) is 0 Å². The van der Waals surface area contributed by atoms with Gasteiger partial charge in [-0.15, -0.1) is 0 Å². The van der Waals surface area contributed by atoms with Crippen molar-refractivity contribution in [3.63, 3.8) is 0 Å². The van der Waals surface area contributed by atoms with E-state index in [2.05, 4.69) is 16.0 Å². The van der Waals surface area contributed by atoms with E-state index in [-0.39, 0.29) is 13.1 Å². The van der Waals surface area contributed by atoms with Crippen LogP contribution in [0.15, 0.2) is 0 Å². The minimum Gasteiger partial charge on any atom is -0.465 e. The summed E-state index contributed by atoms with van der Waals surface area (Å²) in [6, 6.07) is -1.29. The van der Waals surface area contributed by atoms with Crippen LogP contribution < -0.4 is 21.7 Å². The highest BCUT2D eigenvalue weighted by atomic mass is 16.6. The van der Waals surface area contributed by atoms with Gasteiger partial charge in [-0.3, -0.25) is 4.79 Å². The third kappa shape index (κ3) is 17.4. The highest BCUT2D eigenvalue weighted by Crippen LogP contribution is 2.15. The Balaban J connectivity index is 4.83. The van der Waals surface area contributed by atoms with Crippen molar-refractivity contribution < 1.29 is 33.8 Å². The van der Waals surface area contributed by atoms with Crippen molar-refractivity contribution in [3.05, 3.63) is 0 Å². The lowest BCUT2D eigenvalue weighted by atomic mass is 10.0. The Labute approximate surface area is 221 Å². The third-order valence-corrected chi connectivity index (χ3v) is 4.92. The molecule has 0 aliphatic heterocycles. The van der Waals surface area contributed by atoms with E-state index in [0.717, 1.165) is 0 Å². The minimum absolute atomic E-state index is 0.113. The van der Waals surface area contributed by atoms with Crippen molar-refractivity contribution in [3.8, 4) is 0 Å². The van der Waals surface area contributed by atoms with Crippen LogP contribution in [0.4, 0.5) is 14.4 Å². The Kier molecular flexibility index (Phi) is 13.7. The molecule has 12 heteroatoms. The maximum atomic E-state index is 12.5. The van der Waals surface area contributed by atoms with Gasteiger partial charge in [-0.2, -0.15) is 0 Å². The molecule has 0 bridgehead atoms. The summed E-state index contributed by atoms with van der Waals surface area (Å²) in [5.74, 6) is -0.402. The third-order valence-electron chi connectivity index (χ3n) is 4.92. The van der Waals surface area contributed by atoms with Crippen molar-refractivity contribution in [1.82, 2.24) is 20.9 Å². The number of nitrogens with two attached hydrogens (primary N) is 1. The SMILES string of the molecule is CC(C)(C)OC(=O)NCCC[C@H](CNC(=O)[C@@H](N)CCCN(C(=O)O)C(C)(C)C)NC(=O)OC(C)(C)C. The number of alkyl carbamates (subject to hydrolysis) is 2. The molecule has 0 aromatic carbocycles. The van der Waals surface area contributed by atoms with E-state index < -0.39 is 53.0 Å². The fraction of sp³-hybridized carbons (Fsp3) is 0.840. The van der Waals surface area contributed by atoms with E-state index in [1.165, 1.54) is 4.90 Å². The zero-order chi connectivity index (χ0) is 29.0. The zero-order valence-electron chi connectivity index (χ0n) is 24.0. The number of hydrogen-bond donors (Lipinski definition) is 5. The topological polar surface area (TPSA) is 172 Å². The average Bonchev–Trinajstić information content (AvgIpc) is 2.67. The molecule has 2 atom stereocenters. The fourth-order valence-electron chi connectivity index (χ4n) is 3.23. The number of nitrogens with zero attached hydrogens (tertiary/aromatic N) is 1. The first kappa shape index (κ1) is 34.2. The first-order valence-corrected chi connectivity index (χ1v) is 12.7. The molecule has 0 radical (unpaired) electrons. The number of carboxylic acid groups (broad SMARTS) is 1. The van der Waals surface area contributed by atoms with Gasteiger partial charge in [0, 0.05) is 31.2 Å². The largest absolute Gasteiger partial charge is 0.465 e. The van der Waals surface area contributed by atoms with Crippen LogP contribution >= 0.6 is 0 Å². The normalized spacial score (nSPS) is 13.7. The Morgan fingerprint density at radius 2 is 1.38 bits per heavy atom. The molecule has 4 amide bonds. The van der Waals surface area contributed by atoms with Crippen molar-refractivity contribution in [1.29, 1.82) is 0 Å². The molecule has 0 aliphatic rings. The predicted octanol–water partition coefficient (Wildman–Crippen LogP) is 3.19. The van der Waals surface area contributed by atoms with Gasteiger partial charge >= 0.3 is 18.3 Å². The van der Waals surface area contributed by atoms with Gasteiger partial charge in [0.1, 0.15) is 11.2 Å². The first-order valence-electron chi connectivity index (χ1n) is 12.7. The Morgan fingerprint density at radius 3 is 1.86 bits per heavy atom. The van der Waals surface area contributed by atoms with Crippen LogP contribution in [0.1, 0.15) is 88.0 Å². The van der Waals surface area contributed by atoms with Crippen LogP contribution in [0.5, 0.6) is 0 Å². The second kappa shape index (κ2) is 14.8. The first-order chi connectivity index (χ1) is 16.7. The molecule has 0 unspecified atom stereocenters. The summed E-state index contributed by atoms with van der Waals surface area (Å²) in [5, 5.41) is 17.5. The van der Waals surface area contributed by atoms with Crippen LogP contribution in [0.25, 0.3) is 0 Å². The maximum absolute atomic E-state index is 12.5. The standard InChI is InChI=1S/C25H49N5O7/c1-23(2,3)30(22(34)35)15-11-13-18(26)19(31)28-16-17(29-21(33)37-25(7,8)9)12-10-14-27-20(32)36-24(4,5)6/h17-18H,10-16,26H2,1-9H3,(H,27,32)(H,28,31)(H,29,33)(H,34,35)/t17-,18+/m1/s1. The molecular weight excluding hydrogens is 482 g/mol. The molecule has 0 spiro atoms. The summed E-state index contributed by atoms with van der Waals surface area (Å²) < 4.78 is 10.5. The number of carbonyl (C=O) groups excluding carboxylic acids is 3. The molecule has 37 heavy (non-hydrogen) atoms. The molecule has 0 saturated heterocycles. The van der Waals surface area contributed by atoms with Crippen LogP contribution in [-0.2, 0) is 14.3 Å². The maximum Gasteiger partial charge on any atom is 0.407 e. The molecule has 0 aromatic heterocycles. The summed E-state index contributed by atoms with van der Waals surface area (Å²) in [5.41, 5.74) is 4.17. The molecule has 0 fully saturated rings. The zero-order valence-corrected chi connectivity index (χ0v) is 24.0. The Hall–Kier alpha value is -2.76. The summed E-state index contributed by atoms with van der Waals surface area (Å²) in [4.78, 5) is 49.4. The molecule has 0 aromatic rings. The van der Waals surface area contributed by atoms with Gasteiger partial charge in [0.2, 0.25) is 5.91 Å². The molecular formula is C25H49N5O7. The van der Waals surface area contributed by atoms with Gasteiger partial charge in [0.15, 0.2) is 0 Å². The Morgan fingerprint density at radius 1 is 0.838 bits per heavy atom. The van der Waals surface area contributed by atoms with Crippen molar-refractivity contribution in [2.45, 2.75) is 117 Å². The molecule has 6 N–H and O–H groups in total. The minimum atomic E-state index is -1.03. The van der Waals surface area contributed by atoms with Gasteiger partial charge in [-0.05, 0) is 88.0 Å². The van der Waals surface area contributed by atoms with Crippen molar-refractivity contribution in [2.24, 2.45) is 5.73 Å². The number of nitrogens with one attached hydrogen (secondary N) is 3. The van der Waals surface area contributed by atoms with E-state index in [4.69, 9.17) is 15.2 Å². The average molecular weight is 532 g/mol. The lowest BCUT2D eigenvalue weighted by molar-refractivity contribution is -0.122. The van der Waals surface area contributed by atoms with Crippen LogP contribution in [0.2, 0.25) is 0 Å². The van der Waals surface area contributed by atoms with Crippen LogP contribution in [0.3, 0.4) is 0 Å². The summed E-state index contributed by atoms with van der Waals surface area (Å²) in [6.45, 7) is 16.7. The van der Waals surface area contributed by atoms with Gasteiger partial charge in [0.05, 0.1) is 6.04 Å². The molecule has 0 rings (SSSR count). The lowest BCUT2D eigenvalue weighted by Gasteiger charge is -2.33. The number of hydrogen-bond acceptors (Lipinski definition) is 7. The molecule has 0 aliphatic carbocycles. The monoisotopic (exact) mass is 531 g/mol. The molecule has 12 nitrogen and oxygen atoms in total. The lowest BCUT2D eigenvalue weighted by Crippen LogP contribution is -2.49. The number of ether oxygens (including phenoxy) is 2. The van der Waals surface area contributed by atoms with E-state index in [1.807, 2.05) is 0 Å². The van der Waals surface area contributed by atoms with E-state index in [0.29, 0.717) is 32.2 Å². The van der Waals surface area contributed by atoms with Crippen molar-refractivity contribution >= 4 is 24.2 Å². The number of rotatable bonds is 12. The van der Waals surface area contributed by atoms with Gasteiger partial charge in [-0.1, -0.05) is 0 Å². The molecule has 0 saturated carbocycles. The van der Waals surface area contributed by atoms with Gasteiger partial charge in [-0.25, -0.2) is 14.4 Å². The summed E-state index contributed by atoms with van der Waals surface area (Å²) >= 11 is 0. The fourth-order valence-corrected chi connectivity index (χ4v) is 3.23. The highest BCUT2D eigenvalue weighted by Gasteiger charge is 2.26. The van der Waals surface area contributed by atoms with Crippen LogP contribution in [-0.4, -0.2) is 82.7 Å². The van der Waals surface area contributed by atoms with Crippen molar-refractivity contribution in [2.75, 3.05) is 19.6 Å².